The Hall–Kier alpha value is -0.870. The van der Waals surface area contributed by atoms with E-state index in [4.69, 9.17) is 0 Å². The van der Waals surface area contributed by atoms with Crippen molar-refractivity contribution in [3.05, 3.63) is 33.8 Å². The van der Waals surface area contributed by atoms with Crippen molar-refractivity contribution in [2.75, 3.05) is 20.1 Å². The second kappa shape index (κ2) is 5.19. The molecule has 1 heterocycles. The highest BCUT2D eigenvalue weighted by atomic mass is 79.9. The Balaban J connectivity index is 2.21. The minimum atomic E-state index is 0.109. The molecule has 1 fully saturated rings. The molecule has 0 aromatic heterocycles. The van der Waals surface area contributed by atoms with Crippen molar-refractivity contribution in [1.29, 1.82) is 0 Å². The van der Waals surface area contributed by atoms with E-state index in [9.17, 15) is 4.79 Å². The predicted molar refractivity (Wildman–Crippen MR) is 72.2 cm³/mol. The van der Waals surface area contributed by atoms with Gasteiger partial charge in [0, 0.05) is 29.7 Å². The van der Waals surface area contributed by atoms with Gasteiger partial charge < -0.3 is 10.2 Å². The largest absolute Gasteiger partial charge is 0.337 e. The molecule has 4 heteroatoms. The molecule has 0 radical (unpaired) electrons. The molecule has 1 N–H and O–H groups in total. The fourth-order valence-electron chi connectivity index (χ4n) is 2.16. The topological polar surface area (TPSA) is 32.3 Å². The van der Waals surface area contributed by atoms with Gasteiger partial charge in [0.2, 0.25) is 0 Å². The minimum Gasteiger partial charge on any atom is -0.337 e. The van der Waals surface area contributed by atoms with Crippen molar-refractivity contribution in [2.24, 2.45) is 0 Å². The number of benzene rings is 1. The summed E-state index contributed by atoms with van der Waals surface area (Å²) in [6.45, 7) is 3.87. The Labute approximate surface area is 110 Å². The van der Waals surface area contributed by atoms with Crippen molar-refractivity contribution in [1.82, 2.24) is 10.2 Å². The van der Waals surface area contributed by atoms with Crippen molar-refractivity contribution < 1.29 is 4.79 Å². The van der Waals surface area contributed by atoms with Crippen LogP contribution in [0.5, 0.6) is 0 Å². The zero-order valence-electron chi connectivity index (χ0n) is 10.2. The Bertz CT molecular complexity index is 427. The van der Waals surface area contributed by atoms with Crippen molar-refractivity contribution >= 4 is 21.8 Å². The molecule has 2 rings (SSSR count). The second-order valence-electron chi connectivity index (χ2n) is 4.48. The lowest BCUT2D eigenvalue weighted by molar-refractivity contribution is 0.0743. The molecule has 1 saturated heterocycles. The molecule has 1 aliphatic rings. The first-order valence-electron chi connectivity index (χ1n) is 5.84. The van der Waals surface area contributed by atoms with Gasteiger partial charge >= 0.3 is 0 Å². The number of halogens is 1. The van der Waals surface area contributed by atoms with Gasteiger partial charge in [-0.25, -0.2) is 0 Å². The second-order valence-corrected chi connectivity index (χ2v) is 5.33. The smallest absolute Gasteiger partial charge is 0.254 e. The molecule has 0 saturated carbocycles. The maximum Gasteiger partial charge on any atom is 0.254 e. The number of hydrogen-bond acceptors (Lipinski definition) is 2. The lowest BCUT2D eigenvalue weighted by Gasteiger charge is -2.24. The summed E-state index contributed by atoms with van der Waals surface area (Å²) in [5, 5.41) is 3.28. The number of hydrogen-bond donors (Lipinski definition) is 1. The van der Waals surface area contributed by atoms with Gasteiger partial charge in [0.05, 0.1) is 0 Å². The van der Waals surface area contributed by atoms with Crippen molar-refractivity contribution in [3.63, 3.8) is 0 Å². The molecule has 1 amide bonds. The van der Waals surface area contributed by atoms with E-state index < -0.39 is 0 Å². The van der Waals surface area contributed by atoms with Gasteiger partial charge in [-0.05, 0) is 37.6 Å². The molecule has 1 aliphatic heterocycles. The van der Waals surface area contributed by atoms with E-state index >= 15 is 0 Å². The summed E-state index contributed by atoms with van der Waals surface area (Å²) >= 11 is 3.46. The van der Waals surface area contributed by atoms with E-state index in [0.717, 1.165) is 35.1 Å². The van der Waals surface area contributed by atoms with Crippen LogP contribution < -0.4 is 5.32 Å². The molecule has 3 nitrogen and oxygen atoms in total. The van der Waals surface area contributed by atoms with Crippen LogP contribution in [0.1, 0.15) is 22.3 Å². The number of nitrogens with zero attached hydrogens (tertiary/aromatic N) is 1. The SMILES string of the molecule is Cc1c(Br)cccc1C(=O)N(C)[C@H]1CCNC1. The third kappa shape index (κ3) is 2.53. The number of carbonyl (C=O) groups is 1. The summed E-state index contributed by atoms with van der Waals surface area (Å²) in [6, 6.07) is 6.08. The van der Waals surface area contributed by atoms with Crippen LogP contribution in [0.2, 0.25) is 0 Å². The van der Waals surface area contributed by atoms with Gasteiger partial charge in [-0.3, -0.25) is 4.79 Å². The highest BCUT2D eigenvalue weighted by Crippen LogP contribution is 2.21. The zero-order chi connectivity index (χ0) is 12.4. The van der Waals surface area contributed by atoms with E-state index in [0.29, 0.717) is 6.04 Å². The highest BCUT2D eigenvalue weighted by Gasteiger charge is 2.24. The molecule has 0 spiro atoms. The Morgan fingerprint density at radius 1 is 1.53 bits per heavy atom. The monoisotopic (exact) mass is 296 g/mol. The average molecular weight is 297 g/mol. The number of carbonyl (C=O) groups excluding carboxylic acids is 1. The maximum atomic E-state index is 12.4. The van der Waals surface area contributed by atoms with Gasteiger partial charge in [-0.1, -0.05) is 22.0 Å². The molecule has 0 bridgehead atoms. The van der Waals surface area contributed by atoms with E-state index in [1.807, 2.05) is 37.1 Å². The molecule has 1 aromatic carbocycles. The predicted octanol–water partition coefficient (Wildman–Crippen LogP) is 2.19. The molecule has 0 unspecified atom stereocenters. The third-order valence-electron chi connectivity index (χ3n) is 3.40. The Morgan fingerprint density at radius 2 is 2.29 bits per heavy atom. The van der Waals surface area contributed by atoms with E-state index in [2.05, 4.69) is 21.2 Å². The Kier molecular flexibility index (Phi) is 3.84. The lowest BCUT2D eigenvalue weighted by atomic mass is 10.1. The van der Waals surface area contributed by atoms with Crippen LogP contribution in [0.3, 0.4) is 0 Å². The quantitative estimate of drug-likeness (QED) is 0.907. The Morgan fingerprint density at radius 3 is 2.94 bits per heavy atom. The molecular weight excluding hydrogens is 280 g/mol. The summed E-state index contributed by atoms with van der Waals surface area (Å²) in [7, 11) is 1.89. The average Bonchev–Trinajstić information content (AvgIpc) is 2.84. The first kappa shape index (κ1) is 12.6. The standard InChI is InChI=1S/C13H17BrN2O/c1-9-11(4-3-5-12(9)14)13(17)16(2)10-6-7-15-8-10/h3-5,10,15H,6-8H2,1-2H3/t10-/m0/s1. The van der Waals surface area contributed by atoms with Crippen LogP contribution in [-0.2, 0) is 0 Å². The van der Waals surface area contributed by atoms with E-state index in [1.165, 1.54) is 0 Å². The van der Waals surface area contributed by atoms with Gasteiger partial charge in [0.15, 0.2) is 0 Å². The van der Waals surface area contributed by atoms with Gasteiger partial charge in [0.25, 0.3) is 5.91 Å². The molecule has 17 heavy (non-hydrogen) atoms. The molecule has 1 atom stereocenters. The van der Waals surface area contributed by atoms with Crippen LogP contribution in [0.15, 0.2) is 22.7 Å². The van der Waals surface area contributed by atoms with Gasteiger partial charge in [-0.15, -0.1) is 0 Å². The summed E-state index contributed by atoms with van der Waals surface area (Å²) in [5.74, 6) is 0.109. The van der Waals surface area contributed by atoms with Crippen LogP contribution >= 0.6 is 15.9 Å². The number of rotatable bonds is 2. The molecular formula is C13H17BrN2O. The molecule has 0 aliphatic carbocycles. The fraction of sp³-hybridized carbons (Fsp3) is 0.462. The van der Waals surface area contributed by atoms with Crippen molar-refractivity contribution in [3.8, 4) is 0 Å². The van der Waals surface area contributed by atoms with Crippen molar-refractivity contribution in [2.45, 2.75) is 19.4 Å². The number of amides is 1. The molecule has 1 aromatic rings. The summed E-state index contributed by atoms with van der Waals surface area (Å²) < 4.78 is 0.987. The summed E-state index contributed by atoms with van der Waals surface area (Å²) in [4.78, 5) is 14.2. The maximum absolute atomic E-state index is 12.4. The van der Waals surface area contributed by atoms with E-state index in [-0.39, 0.29) is 5.91 Å². The minimum absolute atomic E-state index is 0.109. The van der Waals surface area contributed by atoms with Gasteiger partial charge in [0.1, 0.15) is 0 Å². The van der Waals surface area contributed by atoms with Crippen LogP contribution in [0.4, 0.5) is 0 Å². The first-order valence-corrected chi connectivity index (χ1v) is 6.63. The number of nitrogens with one attached hydrogen (secondary N) is 1. The zero-order valence-corrected chi connectivity index (χ0v) is 11.8. The van der Waals surface area contributed by atoms with Gasteiger partial charge in [-0.2, -0.15) is 0 Å². The lowest BCUT2D eigenvalue weighted by Crippen LogP contribution is -2.38. The van der Waals surface area contributed by atoms with Crippen LogP contribution in [0.25, 0.3) is 0 Å². The summed E-state index contributed by atoms with van der Waals surface area (Å²) in [6.07, 6.45) is 1.04. The fourth-order valence-corrected chi connectivity index (χ4v) is 2.53. The van der Waals surface area contributed by atoms with Crippen LogP contribution in [-0.4, -0.2) is 37.0 Å². The molecule has 92 valence electrons. The van der Waals surface area contributed by atoms with E-state index in [1.54, 1.807) is 0 Å². The van der Waals surface area contributed by atoms with Crippen LogP contribution in [0, 0.1) is 6.92 Å². The summed E-state index contributed by atoms with van der Waals surface area (Å²) in [5.41, 5.74) is 1.80. The normalized spacial score (nSPS) is 19.4. The third-order valence-corrected chi connectivity index (χ3v) is 4.26. The first-order chi connectivity index (χ1) is 8.11. The number of likely N-dealkylation sites (N-methyl/N-ethyl adjacent to an activating group) is 1. The highest BCUT2D eigenvalue weighted by molar-refractivity contribution is 9.10.